The number of benzene rings is 1. The molecule has 5 nitrogen and oxygen atoms in total. The maximum absolute atomic E-state index is 12.2. The van der Waals surface area contributed by atoms with Gasteiger partial charge in [-0.3, -0.25) is 0 Å². The monoisotopic (exact) mass is 316 g/mol. The Morgan fingerprint density at radius 2 is 2.10 bits per heavy atom. The van der Waals surface area contributed by atoms with Crippen molar-refractivity contribution in [2.75, 3.05) is 13.2 Å². The maximum atomic E-state index is 12.2. The Labute approximate surface area is 124 Å². The molecule has 110 valence electrons. The molecule has 1 rings (SSSR count). The average Bonchev–Trinajstić information content (AvgIpc) is 2.37. The predicted octanol–water partition coefficient (Wildman–Crippen LogP) is 1.90. The van der Waals surface area contributed by atoms with Crippen LogP contribution in [0.5, 0.6) is 0 Å². The van der Waals surface area contributed by atoms with Crippen LogP contribution in [-0.2, 0) is 10.0 Å². The van der Waals surface area contributed by atoms with Crippen LogP contribution < -0.4 is 4.72 Å². The van der Waals surface area contributed by atoms with E-state index in [9.17, 15) is 8.42 Å². The molecule has 0 amide bonds. The molecule has 0 atom stereocenters. The highest BCUT2D eigenvalue weighted by Crippen LogP contribution is 2.24. The molecule has 0 aromatic heterocycles. The van der Waals surface area contributed by atoms with E-state index in [1.165, 1.54) is 18.2 Å². The van der Waals surface area contributed by atoms with Gasteiger partial charge >= 0.3 is 0 Å². The summed E-state index contributed by atoms with van der Waals surface area (Å²) < 4.78 is 26.9. The van der Waals surface area contributed by atoms with Gasteiger partial charge in [0.25, 0.3) is 0 Å². The number of sulfonamides is 1. The Morgan fingerprint density at radius 1 is 1.45 bits per heavy atom. The molecule has 0 fully saturated rings. The van der Waals surface area contributed by atoms with E-state index in [-0.39, 0.29) is 34.0 Å². The van der Waals surface area contributed by atoms with Crippen LogP contribution in [0.4, 0.5) is 0 Å². The van der Waals surface area contributed by atoms with Crippen molar-refractivity contribution in [2.45, 2.75) is 25.2 Å². The van der Waals surface area contributed by atoms with Crippen LogP contribution in [0.3, 0.4) is 0 Å². The zero-order valence-corrected chi connectivity index (χ0v) is 12.9. The Hall–Kier alpha value is -1.13. The van der Waals surface area contributed by atoms with E-state index < -0.39 is 10.0 Å². The predicted molar refractivity (Wildman–Crippen MR) is 76.8 cm³/mol. The minimum atomic E-state index is -3.79. The second-order valence-corrected chi connectivity index (χ2v) is 7.36. The summed E-state index contributed by atoms with van der Waals surface area (Å²) in [6.07, 6.45) is 0.474. The van der Waals surface area contributed by atoms with Crippen molar-refractivity contribution in [3.05, 3.63) is 28.8 Å². The molecular weight excluding hydrogens is 300 g/mol. The first-order valence-corrected chi connectivity index (χ1v) is 7.88. The molecule has 1 aromatic rings. The molecule has 0 saturated carbocycles. The van der Waals surface area contributed by atoms with Crippen LogP contribution in [0.2, 0.25) is 5.02 Å². The quantitative estimate of drug-likeness (QED) is 0.838. The van der Waals surface area contributed by atoms with Crippen molar-refractivity contribution in [1.29, 1.82) is 5.26 Å². The van der Waals surface area contributed by atoms with Gasteiger partial charge in [-0.15, -0.1) is 0 Å². The molecule has 20 heavy (non-hydrogen) atoms. The number of nitrogens with zero attached hydrogens (tertiary/aromatic N) is 1. The van der Waals surface area contributed by atoms with Crippen molar-refractivity contribution in [1.82, 2.24) is 4.72 Å². The van der Waals surface area contributed by atoms with E-state index in [0.717, 1.165) is 0 Å². The molecule has 7 heteroatoms. The fourth-order valence-electron chi connectivity index (χ4n) is 1.54. The van der Waals surface area contributed by atoms with Crippen LogP contribution in [-0.4, -0.2) is 26.7 Å². The smallest absolute Gasteiger partial charge is 0.242 e. The summed E-state index contributed by atoms with van der Waals surface area (Å²) in [7, 11) is -3.79. The van der Waals surface area contributed by atoms with Crippen LogP contribution in [0.25, 0.3) is 0 Å². The van der Waals surface area contributed by atoms with Crippen LogP contribution in [0.1, 0.15) is 25.8 Å². The summed E-state index contributed by atoms with van der Waals surface area (Å²) in [5.41, 5.74) is -0.148. The number of aliphatic hydroxyl groups excluding tert-OH is 1. The minimum Gasteiger partial charge on any atom is -0.396 e. The van der Waals surface area contributed by atoms with E-state index >= 15 is 0 Å². The first kappa shape index (κ1) is 16.9. The Kier molecular flexibility index (Phi) is 5.54. The van der Waals surface area contributed by atoms with Crippen LogP contribution >= 0.6 is 11.6 Å². The number of nitrogens with one attached hydrogen (secondary N) is 1. The molecule has 0 unspecified atom stereocenters. The second kappa shape index (κ2) is 6.55. The van der Waals surface area contributed by atoms with Gasteiger partial charge in [0, 0.05) is 13.2 Å². The number of hydrogen-bond donors (Lipinski definition) is 2. The third-order valence-corrected chi connectivity index (χ3v) is 4.76. The molecule has 0 spiro atoms. The minimum absolute atomic E-state index is 0.0145. The Bertz CT molecular complexity index is 621. The lowest BCUT2D eigenvalue weighted by Crippen LogP contribution is -2.34. The Balaban J connectivity index is 2.98. The van der Waals surface area contributed by atoms with Gasteiger partial charge in [-0.05, 0) is 30.0 Å². The van der Waals surface area contributed by atoms with Crippen molar-refractivity contribution in [3.63, 3.8) is 0 Å². The lowest BCUT2D eigenvalue weighted by Gasteiger charge is -2.23. The van der Waals surface area contributed by atoms with Crippen molar-refractivity contribution in [2.24, 2.45) is 5.41 Å². The van der Waals surface area contributed by atoms with E-state index in [0.29, 0.717) is 6.42 Å². The van der Waals surface area contributed by atoms with Gasteiger partial charge in [0.1, 0.15) is 4.90 Å². The first-order valence-electron chi connectivity index (χ1n) is 6.02. The van der Waals surface area contributed by atoms with E-state index in [1.54, 1.807) is 0 Å². The molecule has 0 bridgehead atoms. The summed E-state index contributed by atoms with van der Waals surface area (Å²) in [5, 5.41) is 17.8. The average molecular weight is 317 g/mol. The SMILES string of the molecule is CC(C)(CCO)CNS(=O)(=O)c1cc(C#N)ccc1Cl. The highest BCUT2D eigenvalue weighted by atomic mass is 35.5. The maximum Gasteiger partial charge on any atom is 0.242 e. The van der Waals surface area contributed by atoms with E-state index in [4.69, 9.17) is 22.0 Å². The molecule has 0 heterocycles. The molecule has 0 radical (unpaired) electrons. The highest BCUT2D eigenvalue weighted by molar-refractivity contribution is 7.89. The van der Waals surface area contributed by atoms with Gasteiger partial charge in [0.2, 0.25) is 10.0 Å². The third kappa shape index (κ3) is 4.46. The topological polar surface area (TPSA) is 90.2 Å². The van der Waals surface area contributed by atoms with Gasteiger partial charge in [-0.25, -0.2) is 13.1 Å². The molecule has 0 aliphatic rings. The molecule has 2 N–H and O–H groups in total. The van der Waals surface area contributed by atoms with Crippen molar-refractivity contribution in [3.8, 4) is 6.07 Å². The highest BCUT2D eigenvalue weighted by Gasteiger charge is 2.23. The van der Waals surface area contributed by atoms with Gasteiger partial charge in [-0.2, -0.15) is 5.26 Å². The van der Waals surface area contributed by atoms with Crippen molar-refractivity contribution >= 4 is 21.6 Å². The summed E-state index contributed by atoms with van der Waals surface area (Å²) in [5.74, 6) is 0. The summed E-state index contributed by atoms with van der Waals surface area (Å²) in [4.78, 5) is -0.113. The summed E-state index contributed by atoms with van der Waals surface area (Å²) in [6, 6.07) is 5.95. The fraction of sp³-hybridized carbons (Fsp3) is 0.462. The van der Waals surface area contributed by atoms with Gasteiger partial charge in [0.05, 0.1) is 16.7 Å². The molecular formula is C13H17ClN2O3S. The van der Waals surface area contributed by atoms with Gasteiger partial charge < -0.3 is 5.11 Å². The van der Waals surface area contributed by atoms with E-state index in [1.807, 2.05) is 19.9 Å². The molecule has 1 aromatic carbocycles. The number of hydrogen-bond acceptors (Lipinski definition) is 4. The van der Waals surface area contributed by atoms with E-state index in [2.05, 4.69) is 4.72 Å². The summed E-state index contributed by atoms with van der Waals surface area (Å²) in [6.45, 7) is 3.85. The number of halogens is 1. The van der Waals surface area contributed by atoms with Crippen LogP contribution in [0.15, 0.2) is 23.1 Å². The number of rotatable bonds is 6. The number of nitriles is 1. The standard InChI is InChI=1S/C13H17ClN2O3S/c1-13(2,5-6-17)9-16-20(18,19)12-7-10(8-15)3-4-11(12)14/h3-4,7,16-17H,5-6,9H2,1-2H3. The van der Waals surface area contributed by atoms with Crippen molar-refractivity contribution < 1.29 is 13.5 Å². The lowest BCUT2D eigenvalue weighted by molar-refractivity contribution is 0.213. The zero-order valence-electron chi connectivity index (χ0n) is 11.4. The number of aliphatic hydroxyl groups is 1. The van der Waals surface area contributed by atoms with Gasteiger partial charge in [-0.1, -0.05) is 25.4 Å². The lowest BCUT2D eigenvalue weighted by atomic mass is 9.90. The fourth-order valence-corrected chi connectivity index (χ4v) is 3.30. The van der Waals surface area contributed by atoms with Gasteiger partial charge in [0.15, 0.2) is 0 Å². The largest absolute Gasteiger partial charge is 0.396 e. The summed E-state index contributed by atoms with van der Waals surface area (Å²) >= 11 is 5.88. The molecule has 0 aliphatic heterocycles. The molecule has 0 aliphatic carbocycles. The first-order chi connectivity index (χ1) is 9.22. The normalized spacial score (nSPS) is 12.2. The third-order valence-electron chi connectivity index (χ3n) is 2.88. The zero-order chi connectivity index (χ0) is 15.4. The molecule has 0 saturated heterocycles. The Morgan fingerprint density at radius 3 is 2.65 bits per heavy atom. The van der Waals surface area contributed by atoms with Crippen LogP contribution in [0, 0.1) is 16.7 Å². The second-order valence-electron chi connectivity index (χ2n) is 5.22.